The summed E-state index contributed by atoms with van der Waals surface area (Å²) in [5, 5.41) is 1.08. The highest BCUT2D eigenvalue weighted by atomic mass is 32.2. The predicted octanol–water partition coefficient (Wildman–Crippen LogP) is 3.35. The van der Waals surface area contributed by atoms with E-state index < -0.39 is 9.84 Å². The maximum atomic E-state index is 12.6. The summed E-state index contributed by atoms with van der Waals surface area (Å²) >= 11 is 0. The number of hydrogen-bond donors (Lipinski definition) is 0. The molecule has 2 rings (SSSR count). The van der Waals surface area contributed by atoms with Crippen LogP contribution < -0.4 is 0 Å². The molecule has 3 nitrogen and oxygen atoms in total. The minimum atomic E-state index is -3.40. The van der Waals surface area contributed by atoms with Gasteiger partial charge >= 0.3 is 0 Å². The van der Waals surface area contributed by atoms with Crippen LogP contribution in [0.25, 0.3) is 5.57 Å². The van der Waals surface area contributed by atoms with Gasteiger partial charge < -0.3 is 0 Å². The monoisotopic (exact) mass is 300 g/mol. The van der Waals surface area contributed by atoms with Gasteiger partial charge in [-0.3, -0.25) is 4.79 Å². The van der Waals surface area contributed by atoms with Gasteiger partial charge in [0.25, 0.3) is 0 Å². The van der Waals surface area contributed by atoms with Crippen LogP contribution in [0.3, 0.4) is 0 Å². The first-order valence-corrected chi connectivity index (χ1v) is 8.34. The molecule has 0 atom stereocenters. The Labute approximate surface area is 124 Å². The zero-order chi connectivity index (χ0) is 15.3. The summed E-state index contributed by atoms with van der Waals surface area (Å²) in [7, 11) is -3.40. The van der Waals surface area contributed by atoms with E-state index in [1.807, 2.05) is 12.1 Å². The topological polar surface area (TPSA) is 51.2 Å². The number of ketones is 1. The van der Waals surface area contributed by atoms with Crippen molar-refractivity contribution in [3.8, 4) is 0 Å². The lowest BCUT2D eigenvalue weighted by Gasteiger charge is -2.07. The third-order valence-corrected chi connectivity index (χ3v) is 4.46. The summed E-state index contributed by atoms with van der Waals surface area (Å²) in [6, 6.07) is 17.5. The van der Waals surface area contributed by atoms with E-state index in [0.717, 1.165) is 5.41 Å². The Balaban J connectivity index is 2.55. The van der Waals surface area contributed by atoms with Crippen molar-refractivity contribution in [1.82, 2.24) is 0 Å². The van der Waals surface area contributed by atoms with E-state index in [1.165, 1.54) is 0 Å². The van der Waals surface area contributed by atoms with Crippen molar-refractivity contribution in [3.05, 3.63) is 77.2 Å². The Hall–Kier alpha value is -2.20. The Morgan fingerprint density at radius 3 is 1.86 bits per heavy atom. The van der Waals surface area contributed by atoms with Crippen LogP contribution in [0.15, 0.2) is 66.1 Å². The number of benzene rings is 2. The maximum Gasteiger partial charge on any atom is 0.194 e. The van der Waals surface area contributed by atoms with Crippen LogP contribution in [0.5, 0.6) is 0 Å². The molecule has 2 aromatic rings. The molecule has 0 radical (unpaired) electrons. The van der Waals surface area contributed by atoms with E-state index >= 15 is 0 Å². The third kappa shape index (κ3) is 3.89. The second-order valence-electron chi connectivity index (χ2n) is 4.54. The Morgan fingerprint density at radius 1 is 0.905 bits per heavy atom. The van der Waals surface area contributed by atoms with Gasteiger partial charge in [0, 0.05) is 16.5 Å². The highest BCUT2D eigenvalue weighted by Crippen LogP contribution is 2.21. The van der Waals surface area contributed by atoms with E-state index in [-0.39, 0.29) is 17.1 Å². The lowest BCUT2D eigenvalue weighted by molar-refractivity contribution is 0.105. The fourth-order valence-electron chi connectivity index (χ4n) is 1.88. The number of carbonyl (C=O) groups is 1. The molecule has 0 bridgehead atoms. The van der Waals surface area contributed by atoms with Crippen LogP contribution in [0, 0.1) is 0 Å². The number of carbonyl (C=O) groups excluding carboxylic acids is 1. The molecule has 0 unspecified atom stereocenters. The van der Waals surface area contributed by atoms with Crippen molar-refractivity contribution < 1.29 is 13.2 Å². The van der Waals surface area contributed by atoms with Crippen molar-refractivity contribution in [2.24, 2.45) is 0 Å². The van der Waals surface area contributed by atoms with Gasteiger partial charge in [0.1, 0.15) is 0 Å². The van der Waals surface area contributed by atoms with E-state index in [9.17, 15) is 13.2 Å². The summed E-state index contributed by atoms with van der Waals surface area (Å²) in [4.78, 5) is 12.6. The molecule has 0 saturated heterocycles. The fourth-order valence-corrected chi connectivity index (χ4v) is 2.65. The van der Waals surface area contributed by atoms with Gasteiger partial charge in [-0.25, -0.2) is 8.42 Å². The summed E-state index contributed by atoms with van der Waals surface area (Å²) < 4.78 is 23.8. The standard InChI is InChI=1S/C17H16O3S/c1-2-21(19,20)13-16(14-9-5-3-6-10-14)17(18)15-11-7-4-8-12-15/h3-13H,2H2,1H3/b16-13+. The zero-order valence-corrected chi connectivity index (χ0v) is 12.5. The van der Waals surface area contributed by atoms with Gasteiger partial charge in [-0.1, -0.05) is 67.6 Å². The molecular formula is C17H16O3S. The summed E-state index contributed by atoms with van der Waals surface area (Å²) in [5.74, 6) is -0.329. The van der Waals surface area contributed by atoms with Crippen LogP contribution >= 0.6 is 0 Å². The Bertz CT molecular complexity index is 745. The van der Waals surface area contributed by atoms with Gasteiger partial charge in [0.15, 0.2) is 15.6 Å². The van der Waals surface area contributed by atoms with Gasteiger partial charge in [0.05, 0.1) is 5.75 Å². The second kappa shape index (κ2) is 6.50. The minimum absolute atomic E-state index is 0.0363. The molecule has 21 heavy (non-hydrogen) atoms. The highest BCUT2D eigenvalue weighted by molar-refractivity contribution is 7.94. The molecule has 0 N–H and O–H groups in total. The SMILES string of the molecule is CCS(=O)(=O)/C=C(/C(=O)c1ccccc1)c1ccccc1. The quantitative estimate of drug-likeness (QED) is 0.628. The van der Waals surface area contributed by atoms with Crippen molar-refractivity contribution in [3.63, 3.8) is 0 Å². The van der Waals surface area contributed by atoms with E-state index in [1.54, 1.807) is 55.5 Å². The molecule has 0 amide bonds. The normalized spacial score (nSPS) is 12.1. The average Bonchev–Trinajstić information content (AvgIpc) is 2.54. The Kier molecular flexibility index (Phi) is 4.70. The van der Waals surface area contributed by atoms with Crippen molar-refractivity contribution in [2.45, 2.75) is 6.92 Å². The van der Waals surface area contributed by atoms with Crippen molar-refractivity contribution in [2.75, 3.05) is 5.75 Å². The third-order valence-electron chi connectivity index (χ3n) is 3.07. The van der Waals surface area contributed by atoms with Crippen molar-refractivity contribution >= 4 is 21.2 Å². The number of Topliss-reactive ketones (excluding diaryl/α,β-unsaturated/α-hetero) is 1. The second-order valence-corrected chi connectivity index (χ2v) is 6.68. The fraction of sp³-hybridized carbons (Fsp3) is 0.118. The maximum absolute atomic E-state index is 12.6. The predicted molar refractivity (Wildman–Crippen MR) is 84.7 cm³/mol. The van der Waals surface area contributed by atoms with Gasteiger partial charge in [0.2, 0.25) is 0 Å². The number of allylic oxidation sites excluding steroid dienone is 1. The molecule has 0 saturated carbocycles. The zero-order valence-electron chi connectivity index (χ0n) is 11.7. The summed E-state index contributed by atoms with van der Waals surface area (Å²) in [5.41, 5.74) is 1.27. The number of sulfone groups is 1. The molecular weight excluding hydrogens is 284 g/mol. The number of rotatable bonds is 5. The Morgan fingerprint density at radius 2 is 1.38 bits per heavy atom. The lowest BCUT2D eigenvalue weighted by Crippen LogP contribution is -2.07. The largest absolute Gasteiger partial charge is 0.289 e. The molecule has 0 spiro atoms. The molecule has 4 heteroatoms. The molecule has 0 aliphatic rings. The molecule has 0 heterocycles. The van der Waals surface area contributed by atoms with Crippen LogP contribution in [0.1, 0.15) is 22.8 Å². The molecule has 108 valence electrons. The van der Waals surface area contributed by atoms with Crippen molar-refractivity contribution in [1.29, 1.82) is 0 Å². The van der Waals surface area contributed by atoms with E-state index in [4.69, 9.17) is 0 Å². The van der Waals surface area contributed by atoms with E-state index in [2.05, 4.69) is 0 Å². The smallest absolute Gasteiger partial charge is 0.194 e. The summed E-state index contributed by atoms with van der Waals surface area (Å²) in [6.07, 6.45) is 0. The first-order valence-electron chi connectivity index (χ1n) is 6.63. The van der Waals surface area contributed by atoms with Gasteiger partial charge in [-0.05, 0) is 5.56 Å². The molecule has 0 aliphatic heterocycles. The lowest BCUT2D eigenvalue weighted by atomic mass is 9.98. The number of hydrogen-bond acceptors (Lipinski definition) is 3. The van der Waals surface area contributed by atoms with E-state index in [0.29, 0.717) is 11.1 Å². The van der Waals surface area contributed by atoms with Crippen LogP contribution in [0.2, 0.25) is 0 Å². The highest BCUT2D eigenvalue weighted by Gasteiger charge is 2.17. The first kappa shape index (κ1) is 15.2. The van der Waals surface area contributed by atoms with Gasteiger partial charge in [-0.2, -0.15) is 0 Å². The molecule has 0 aromatic heterocycles. The molecule has 0 fully saturated rings. The van der Waals surface area contributed by atoms with Crippen LogP contribution in [-0.2, 0) is 9.84 Å². The average molecular weight is 300 g/mol. The molecule has 0 aliphatic carbocycles. The molecule has 2 aromatic carbocycles. The van der Waals surface area contributed by atoms with Crippen LogP contribution in [0.4, 0.5) is 0 Å². The van der Waals surface area contributed by atoms with Gasteiger partial charge in [-0.15, -0.1) is 0 Å². The van der Waals surface area contributed by atoms with Crippen LogP contribution in [-0.4, -0.2) is 20.0 Å². The first-order chi connectivity index (χ1) is 10.0. The minimum Gasteiger partial charge on any atom is -0.289 e. The summed E-state index contributed by atoms with van der Waals surface area (Å²) in [6.45, 7) is 1.56.